The van der Waals surface area contributed by atoms with Crippen LogP contribution in [0.5, 0.6) is 5.75 Å². The molecule has 9 nitrogen and oxygen atoms in total. The van der Waals surface area contributed by atoms with Gasteiger partial charge in [-0.3, -0.25) is 9.59 Å². The highest BCUT2D eigenvalue weighted by atomic mass is 16.5. The van der Waals surface area contributed by atoms with Crippen molar-refractivity contribution >= 4 is 29.2 Å². The number of nitrogens with one attached hydrogen (secondary N) is 1. The predicted octanol–water partition coefficient (Wildman–Crippen LogP) is 4.13. The minimum Gasteiger partial charge on any atom is -0.497 e. The zero-order valence-corrected chi connectivity index (χ0v) is 20.6. The molecule has 1 aromatic heterocycles. The minimum atomic E-state index is -0.539. The van der Waals surface area contributed by atoms with Gasteiger partial charge in [-0.1, -0.05) is 12.1 Å². The number of carbonyl (C=O) groups is 3. The van der Waals surface area contributed by atoms with Gasteiger partial charge in [-0.05, 0) is 56.2 Å². The van der Waals surface area contributed by atoms with Crippen LogP contribution in [0.3, 0.4) is 0 Å². The monoisotopic (exact) mass is 489 g/mol. The third kappa shape index (κ3) is 4.72. The first-order chi connectivity index (χ1) is 17.3. The smallest absolute Gasteiger partial charge is 0.339 e. The maximum absolute atomic E-state index is 13.4. The third-order valence-electron chi connectivity index (χ3n) is 6.14. The molecule has 0 saturated heterocycles. The molecule has 1 N–H and O–H groups in total. The van der Waals surface area contributed by atoms with Crippen molar-refractivity contribution in [3.05, 3.63) is 82.3 Å². The molecule has 36 heavy (non-hydrogen) atoms. The molecule has 2 amide bonds. The number of benzene rings is 2. The number of hydrazone groups is 1. The maximum atomic E-state index is 13.4. The molecule has 0 bridgehead atoms. The lowest BCUT2D eigenvalue weighted by atomic mass is 9.93. The van der Waals surface area contributed by atoms with E-state index in [4.69, 9.17) is 13.9 Å². The topological polar surface area (TPSA) is 110 Å². The Kier molecular flexibility index (Phi) is 7.19. The summed E-state index contributed by atoms with van der Waals surface area (Å²) in [6, 6.07) is 13.4. The van der Waals surface area contributed by atoms with Gasteiger partial charge in [0.2, 0.25) is 0 Å². The van der Waals surface area contributed by atoms with Gasteiger partial charge in [0.15, 0.2) is 5.76 Å². The van der Waals surface area contributed by atoms with E-state index in [1.54, 1.807) is 69.6 Å². The standard InChI is InChI=1S/C27H27N3O6/c1-16-23-20(28-29-25(31)17-12-14-18(34-3)15-13-17)9-7-11-22(23)36-24(16)26(32)30(2)21-10-6-5-8-19(21)27(33)35-4/h5-6,8,10,12-15H,7,9,11H2,1-4H3,(H,29,31)/b28-20+. The summed E-state index contributed by atoms with van der Waals surface area (Å²) in [6.45, 7) is 1.79. The van der Waals surface area contributed by atoms with Crippen molar-refractivity contribution in [2.24, 2.45) is 5.10 Å². The molecule has 1 aliphatic carbocycles. The van der Waals surface area contributed by atoms with Crippen LogP contribution in [0.4, 0.5) is 5.69 Å². The van der Waals surface area contributed by atoms with E-state index in [2.05, 4.69) is 10.5 Å². The first-order valence-corrected chi connectivity index (χ1v) is 11.4. The molecule has 1 heterocycles. The summed E-state index contributed by atoms with van der Waals surface area (Å²) in [5, 5.41) is 4.37. The lowest BCUT2D eigenvalue weighted by molar-refractivity contribution is 0.0601. The second-order valence-electron chi connectivity index (χ2n) is 8.31. The highest BCUT2D eigenvalue weighted by Crippen LogP contribution is 2.32. The van der Waals surface area contributed by atoms with Crippen molar-refractivity contribution in [3.63, 3.8) is 0 Å². The van der Waals surface area contributed by atoms with Crippen LogP contribution in [-0.2, 0) is 11.2 Å². The normalized spacial score (nSPS) is 13.6. The minimum absolute atomic E-state index is 0.165. The van der Waals surface area contributed by atoms with Crippen molar-refractivity contribution in [1.29, 1.82) is 0 Å². The average Bonchev–Trinajstić information content (AvgIpc) is 3.27. The van der Waals surface area contributed by atoms with E-state index in [0.29, 0.717) is 46.9 Å². The number of esters is 1. The van der Waals surface area contributed by atoms with Crippen molar-refractivity contribution in [1.82, 2.24) is 5.43 Å². The van der Waals surface area contributed by atoms with E-state index in [-0.39, 0.29) is 17.2 Å². The molecule has 1 aliphatic rings. The predicted molar refractivity (Wildman–Crippen MR) is 134 cm³/mol. The summed E-state index contributed by atoms with van der Waals surface area (Å²) in [4.78, 5) is 39.5. The third-order valence-corrected chi connectivity index (χ3v) is 6.14. The van der Waals surface area contributed by atoms with E-state index < -0.39 is 11.9 Å². The molecule has 4 rings (SSSR count). The van der Waals surface area contributed by atoms with Crippen LogP contribution in [0, 0.1) is 6.92 Å². The van der Waals surface area contributed by atoms with Crippen molar-refractivity contribution in [2.75, 3.05) is 26.2 Å². The van der Waals surface area contributed by atoms with Gasteiger partial charge in [0.05, 0.1) is 31.2 Å². The molecule has 9 heteroatoms. The summed E-state index contributed by atoms with van der Waals surface area (Å²) < 4.78 is 16.0. The molecule has 3 aromatic rings. The Labute approximate surface area is 208 Å². The maximum Gasteiger partial charge on any atom is 0.339 e. The SMILES string of the molecule is COC(=O)c1ccccc1N(C)C(=O)c1oc2c(c1C)/C(=N/NC(=O)c1ccc(OC)cc1)CCC2. The molecular weight excluding hydrogens is 462 g/mol. The second kappa shape index (κ2) is 10.5. The van der Waals surface area contributed by atoms with Gasteiger partial charge >= 0.3 is 5.97 Å². The highest BCUT2D eigenvalue weighted by molar-refractivity contribution is 6.12. The molecule has 0 atom stereocenters. The molecule has 0 saturated carbocycles. The van der Waals surface area contributed by atoms with E-state index in [0.717, 1.165) is 12.0 Å². The van der Waals surface area contributed by atoms with Crippen molar-refractivity contribution in [2.45, 2.75) is 26.2 Å². The Bertz CT molecular complexity index is 1340. The van der Waals surface area contributed by atoms with Gasteiger partial charge in [-0.15, -0.1) is 0 Å². The fraction of sp³-hybridized carbons (Fsp3) is 0.259. The number of furan rings is 1. The number of hydrogen-bond acceptors (Lipinski definition) is 7. The second-order valence-corrected chi connectivity index (χ2v) is 8.31. The largest absolute Gasteiger partial charge is 0.497 e. The highest BCUT2D eigenvalue weighted by Gasteiger charge is 2.30. The number of carbonyl (C=O) groups excluding carboxylic acids is 3. The fourth-order valence-corrected chi connectivity index (χ4v) is 4.22. The van der Waals surface area contributed by atoms with Crippen LogP contribution in [0.2, 0.25) is 0 Å². The van der Waals surface area contributed by atoms with E-state index in [1.807, 2.05) is 0 Å². The van der Waals surface area contributed by atoms with Gasteiger partial charge in [-0.2, -0.15) is 5.10 Å². The van der Waals surface area contributed by atoms with Crippen LogP contribution in [-0.4, -0.2) is 44.8 Å². The molecule has 0 fully saturated rings. The molecule has 2 aromatic carbocycles. The van der Waals surface area contributed by atoms with Crippen molar-refractivity contribution < 1.29 is 28.3 Å². The number of fused-ring (bicyclic) bond motifs is 1. The average molecular weight is 490 g/mol. The Hall–Kier alpha value is -4.40. The molecule has 0 aliphatic heterocycles. The first kappa shape index (κ1) is 24.7. The van der Waals surface area contributed by atoms with Gasteiger partial charge in [0.25, 0.3) is 11.8 Å². The number of methoxy groups -OCH3 is 2. The number of aryl methyl sites for hydroxylation is 1. The van der Waals surface area contributed by atoms with Gasteiger partial charge in [0, 0.05) is 30.2 Å². The lowest BCUT2D eigenvalue weighted by Crippen LogP contribution is -2.28. The fourth-order valence-electron chi connectivity index (χ4n) is 4.22. The summed E-state index contributed by atoms with van der Waals surface area (Å²) in [5.74, 6) is 0.170. The number of amides is 2. The summed E-state index contributed by atoms with van der Waals surface area (Å²) >= 11 is 0. The molecule has 0 unspecified atom stereocenters. The van der Waals surface area contributed by atoms with Gasteiger partial charge < -0.3 is 18.8 Å². The lowest BCUT2D eigenvalue weighted by Gasteiger charge is -2.19. The zero-order chi connectivity index (χ0) is 25.8. The molecule has 186 valence electrons. The van der Waals surface area contributed by atoms with Crippen LogP contribution in [0.15, 0.2) is 58.0 Å². The number of para-hydroxylation sites is 1. The number of anilines is 1. The molecule has 0 spiro atoms. The van der Waals surface area contributed by atoms with E-state index in [1.165, 1.54) is 12.0 Å². The summed E-state index contributed by atoms with van der Waals surface area (Å²) in [6.07, 6.45) is 2.05. The van der Waals surface area contributed by atoms with Crippen LogP contribution in [0.1, 0.15) is 61.0 Å². The van der Waals surface area contributed by atoms with Crippen LogP contribution >= 0.6 is 0 Å². The van der Waals surface area contributed by atoms with Crippen LogP contribution < -0.4 is 15.1 Å². The first-order valence-electron chi connectivity index (χ1n) is 11.4. The quantitative estimate of drug-likeness (QED) is 0.412. The number of hydrogen-bond donors (Lipinski definition) is 1. The number of nitrogens with zero attached hydrogens (tertiary/aromatic N) is 2. The van der Waals surface area contributed by atoms with Gasteiger partial charge in [0.1, 0.15) is 11.5 Å². The Morgan fingerprint density at radius 1 is 1.03 bits per heavy atom. The summed E-state index contributed by atoms with van der Waals surface area (Å²) in [5.41, 5.74) is 5.75. The van der Waals surface area contributed by atoms with Crippen molar-refractivity contribution in [3.8, 4) is 5.75 Å². The van der Waals surface area contributed by atoms with Crippen LogP contribution in [0.25, 0.3) is 0 Å². The van der Waals surface area contributed by atoms with Gasteiger partial charge in [-0.25, -0.2) is 10.2 Å². The van der Waals surface area contributed by atoms with E-state index in [9.17, 15) is 14.4 Å². The Morgan fingerprint density at radius 3 is 2.44 bits per heavy atom. The Morgan fingerprint density at radius 2 is 1.75 bits per heavy atom. The number of ether oxygens (including phenoxy) is 2. The molecular formula is C27H27N3O6. The summed E-state index contributed by atoms with van der Waals surface area (Å²) in [7, 11) is 4.43. The zero-order valence-electron chi connectivity index (χ0n) is 20.6. The number of rotatable bonds is 6. The van der Waals surface area contributed by atoms with E-state index >= 15 is 0 Å². The molecule has 0 radical (unpaired) electrons. The Balaban J connectivity index is 1.60.